The number of amides is 1. The van der Waals surface area contributed by atoms with Gasteiger partial charge < -0.3 is 20.5 Å². The van der Waals surface area contributed by atoms with Crippen molar-refractivity contribution >= 4 is 29.2 Å². The summed E-state index contributed by atoms with van der Waals surface area (Å²) in [6.07, 6.45) is -3.14. The number of alkyl halides is 3. The molecule has 11 heteroatoms. The van der Waals surface area contributed by atoms with Gasteiger partial charge in [-0.15, -0.1) is 0 Å². The molecule has 1 amide bonds. The van der Waals surface area contributed by atoms with Crippen molar-refractivity contribution in [3.8, 4) is 17.0 Å². The lowest BCUT2D eigenvalue weighted by Crippen LogP contribution is -2.32. The Morgan fingerprint density at radius 1 is 1.08 bits per heavy atom. The molecule has 1 aromatic heterocycles. The molecule has 1 unspecified atom stereocenters. The van der Waals surface area contributed by atoms with Gasteiger partial charge in [0.2, 0.25) is 5.88 Å². The summed E-state index contributed by atoms with van der Waals surface area (Å²) >= 11 is 6.07. The molecule has 2 aromatic carbocycles. The van der Waals surface area contributed by atoms with E-state index in [4.69, 9.17) is 21.4 Å². The van der Waals surface area contributed by atoms with Crippen LogP contribution in [0.3, 0.4) is 0 Å². The zero-order valence-electron chi connectivity index (χ0n) is 20.7. The van der Waals surface area contributed by atoms with Gasteiger partial charge in [0.15, 0.2) is 0 Å². The Morgan fingerprint density at radius 3 is 2.34 bits per heavy atom. The summed E-state index contributed by atoms with van der Waals surface area (Å²) in [7, 11) is 0. The molecule has 3 aromatic rings. The predicted octanol–water partition coefficient (Wildman–Crippen LogP) is 6.14. The van der Waals surface area contributed by atoms with Crippen LogP contribution in [0.25, 0.3) is 11.1 Å². The molecule has 0 saturated heterocycles. The molecule has 0 fully saturated rings. The lowest BCUT2D eigenvalue weighted by molar-refractivity contribution is -0.138. The number of anilines is 1. The van der Waals surface area contributed by atoms with Crippen molar-refractivity contribution in [1.29, 1.82) is 0 Å². The van der Waals surface area contributed by atoms with Gasteiger partial charge in [-0.2, -0.15) is 13.2 Å². The van der Waals surface area contributed by atoms with Crippen molar-refractivity contribution in [3.05, 3.63) is 76.9 Å². The van der Waals surface area contributed by atoms with Crippen LogP contribution in [-0.2, 0) is 11.0 Å². The largest absolute Gasteiger partial charge is 0.481 e. The Bertz CT molecular complexity index is 1250. The molecule has 0 aliphatic carbocycles. The highest BCUT2D eigenvalue weighted by molar-refractivity contribution is 6.33. The maximum absolute atomic E-state index is 12.9. The quantitative estimate of drug-likeness (QED) is 0.266. The monoisotopic (exact) mass is 549 g/mol. The van der Waals surface area contributed by atoms with Crippen molar-refractivity contribution in [2.45, 2.75) is 32.5 Å². The van der Waals surface area contributed by atoms with E-state index in [-0.39, 0.29) is 42.5 Å². The zero-order valence-corrected chi connectivity index (χ0v) is 21.4. The van der Waals surface area contributed by atoms with Gasteiger partial charge in [0.05, 0.1) is 18.0 Å². The number of carbonyl (C=O) groups is 2. The molecule has 7 nitrogen and oxygen atoms in total. The molecule has 0 radical (unpaired) electrons. The van der Waals surface area contributed by atoms with Crippen molar-refractivity contribution in [3.63, 3.8) is 0 Å². The minimum Gasteiger partial charge on any atom is -0.481 e. The van der Waals surface area contributed by atoms with Crippen molar-refractivity contribution in [2.75, 3.05) is 18.5 Å². The number of ether oxygens (including phenoxy) is 1. The van der Waals surface area contributed by atoms with Crippen LogP contribution in [-0.4, -0.2) is 41.2 Å². The van der Waals surface area contributed by atoms with E-state index in [9.17, 15) is 22.8 Å². The number of benzene rings is 2. The lowest BCUT2D eigenvalue weighted by atomic mass is 10.0. The van der Waals surface area contributed by atoms with Crippen LogP contribution in [0.2, 0.25) is 5.02 Å². The second-order valence-corrected chi connectivity index (χ2v) is 9.27. The Balaban J connectivity index is 1.58. The van der Waals surface area contributed by atoms with Gasteiger partial charge in [0, 0.05) is 46.2 Å². The molecule has 0 spiro atoms. The summed E-state index contributed by atoms with van der Waals surface area (Å²) in [4.78, 5) is 26.9. The first kappa shape index (κ1) is 28.8. The third-order valence-electron chi connectivity index (χ3n) is 5.68. The molecule has 0 bridgehead atoms. The fourth-order valence-electron chi connectivity index (χ4n) is 3.44. The number of hydrogen-bond acceptors (Lipinski definition) is 5. The zero-order chi connectivity index (χ0) is 27.9. The number of nitrogens with one attached hydrogen (secondary N) is 2. The Morgan fingerprint density at radius 2 is 1.79 bits per heavy atom. The molecule has 38 heavy (non-hydrogen) atoms. The smallest absolute Gasteiger partial charge is 0.416 e. The average molecular weight is 550 g/mol. The topological polar surface area (TPSA) is 101 Å². The summed E-state index contributed by atoms with van der Waals surface area (Å²) in [6, 6.07) is 13.2. The van der Waals surface area contributed by atoms with Crippen LogP contribution in [0.4, 0.5) is 18.9 Å². The van der Waals surface area contributed by atoms with E-state index in [1.807, 2.05) is 13.8 Å². The van der Waals surface area contributed by atoms with Gasteiger partial charge in [-0.25, -0.2) is 4.98 Å². The van der Waals surface area contributed by atoms with E-state index in [0.717, 1.165) is 17.8 Å². The highest BCUT2D eigenvalue weighted by Crippen LogP contribution is 2.35. The van der Waals surface area contributed by atoms with Crippen molar-refractivity contribution < 1.29 is 32.6 Å². The maximum Gasteiger partial charge on any atom is 0.416 e. The van der Waals surface area contributed by atoms with Crippen molar-refractivity contribution in [1.82, 2.24) is 10.3 Å². The Labute approximate surface area is 223 Å². The molecule has 1 atom stereocenters. The average Bonchev–Trinajstić information content (AvgIpc) is 2.86. The first-order valence-corrected chi connectivity index (χ1v) is 12.1. The van der Waals surface area contributed by atoms with Crippen LogP contribution < -0.4 is 15.4 Å². The number of rotatable bonds is 11. The van der Waals surface area contributed by atoms with Crippen LogP contribution in [0.15, 0.2) is 60.8 Å². The number of pyridine rings is 1. The van der Waals surface area contributed by atoms with E-state index < -0.39 is 17.7 Å². The second-order valence-electron chi connectivity index (χ2n) is 8.86. The molecule has 3 N–H and O–H groups in total. The normalized spacial score (nSPS) is 12.2. The third kappa shape index (κ3) is 8.11. The number of nitrogens with zero attached hydrogens (tertiary/aromatic N) is 1. The number of carboxylic acids is 1. The maximum atomic E-state index is 12.9. The van der Waals surface area contributed by atoms with E-state index >= 15 is 0 Å². The van der Waals surface area contributed by atoms with Crippen LogP contribution >= 0.6 is 11.6 Å². The van der Waals surface area contributed by atoms with Crippen LogP contribution in [0, 0.1) is 5.92 Å². The van der Waals surface area contributed by atoms with Gasteiger partial charge in [0.25, 0.3) is 5.91 Å². The summed E-state index contributed by atoms with van der Waals surface area (Å²) in [5.74, 6) is -0.813. The summed E-state index contributed by atoms with van der Waals surface area (Å²) < 4.78 is 44.5. The molecule has 1 heterocycles. The number of halogens is 4. The van der Waals surface area contributed by atoms with E-state index in [1.165, 1.54) is 12.3 Å². The number of carbonyl (C=O) groups excluding carboxylic acids is 1. The number of hydrogen-bond donors (Lipinski definition) is 3. The van der Waals surface area contributed by atoms with E-state index in [0.29, 0.717) is 22.6 Å². The Hall–Kier alpha value is -3.79. The number of carboxylic acid groups (broad SMARTS) is 1. The SMILES string of the molecule is CC(C)C(COc1ccc(-c2ccc(C(F)(F)F)cc2Cl)cn1)Nc1ccc(C(=O)NCCC(=O)O)cc1. The summed E-state index contributed by atoms with van der Waals surface area (Å²) in [5.41, 5.74) is 1.35. The third-order valence-corrected chi connectivity index (χ3v) is 6.00. The van der Waals surface area contributed by atoms with Crippen LogP contribution in [0.1, 0.15) is 36.2 Å². The van der Waals surface area contributed by atoms with Gasteiger partial charge in [0.1, 0.15) is 6.61 Å². The standard InChI is InChI=1S/C27H27ClF3N3O4/c1-16(2)23(34-20-7-3-17(4-8-20)26(37)32-12-11-25(35)36)15-38-24-10-5-18(14-33-24)21-9-6-19(13-22(21)28)27(29,30)31/h3-10,13-14,16,23,34H,11-12,15H2,1-2H3,(H,32,37)(H,35,36). The first-order valence-electron chi connectivity index (χ1n) is 11.8. The predicted molar refractivity (Wildman–Crippen MR) is 138 cm³/mol. The molecular formula is C27H27ClF3N3O4. The van der Waals surface area contributed by atoms with E-state index in [2.05, 4.69) is 15.6 Å². The van der Waals surface area contributed by atoms with E-state index in [1.54, 1.807) is 36.4 Å². The fourth-order valence-corrected chi connectivity index (χ4v) is 3.73. The molecule has 0 aliphatic rings. The second kappa shape index (κ2) is 12.6. The highest BCUT2D eigenvalue weighted by Gasteiger charge is 2.31. The molecule has 0 saturated carbocycles. The molecule has 202 valence electrons. The first-order chi connectivity index (χ1) is 17.9. The Kier molecular flexibility index (Phi) is 9.57. The minimum atomic E-state index is -4.47. The highest BCUT2D eigenvalue weighted by atomic mass is 35.5. The summed E-state index contributed by atoms with van der Waals surface area (Å²) in [6.45, 7) is 4.37. The van der Waals surface area contributed by atoms with Crippen LogP contribution in [0.5, 0.6) is 5.88 Å². The lowest BCUT2D eigenvalue weighted by Gasteiger charge is -2.23. The van der Waals surface area contributed by atoms with Crippen molar-refractivity contribution in [2.24, 2.45) is 5.92 Å². The number of aliphatic carboxylic acids is 1. The van der Waals surface area contributed by atoms with Gasteiger partial charge in [-0.3, -0.25) is 9.59 Å². The minimum absolute atomic E-state index is 0.0249. The molecular weight excluding hydrogens is 523 g/mol. The number of aromatic nitrogens is 1. The van der Waals surface area contributed by atoms with Gasteiger partial charge in [-0.05, 0) is 48.4 Å². The summed E-state index contributed by atoms with van der Waals surface area (Å²) in [5, 5.41) is 14.6. The van der Waals surface area contributed by atoms with Gasteiger partial charge >= 0.3 is 12.1 Å². The fraction of sp³-hybridized carbons (Fsp3) is 0.296. The molecule has 0 aliphatic heterocycles. The van der Waals surface area contributed by atoms with Gasteiger partial charge in [-0.1, -0.05) is 31.5 Å². The molecule has 3 rings (SSSR count).